The fourth-order valence-corrected chi connectivity index (χ4v) is 4.45. The van der Waals surface area contributed by atoms with Crippen LogP contribution in [0.25, 0.3) is 0 Å². The first kappa shape index (κ1) is 14.3. The summed E-state index contributed by atoms with van der Waals surface area (Å²) in [5.74, 6) is 0.0822. The number of thioether (sulfide) groups is 1. The molecule has 0 saturated carbocycles. The Labute approximate surface area is 139 Å². The monoisotopic (exact) mass is 324 g/mol. The van der Waals surface area contributed by atoms with Crippen LogP contribution in [0.15, 0.2) is 60.7 Å². The third-order valence-corrected chi connectivity index (χ3v) is 5.63. The van der Waals surface area contributed by atoms with Gasteiger partial charge in [-0.25, -0.2) is 0 Å². The smallest absolute Gasteiger partial charge is 0.257 e. The predicted molar refractivity (Wildman–Crippen MR) is 89.2 cm³/mol. The number of rotatable bonds is 4. The molecule has 2 aliphatic rings. The summed E-state index contributed by atoms with van der Waals surface area (Å²) >= 11 is 1.46. The number of amides is 2. The summed E-state index contributed by atoms with van der Waals surface area (Å²) in [5.41, 5.74) is 2.10. The minimum atomic E-state index is -0.378. The molecule has 4 nitrogen and oxygen atoms in total. The van der Waals surface area contributed by atoms with Crippen molar-refractivity contribution in [2.24, 2.45) is 0 Å². The van der Waals surface area contributed by atoms with E-state index in [2.05, 4.69) is 0 Å². The molecular weight excluding hydrogens is 308 g/mol. The Bertz CT molecular complexity index is 672. The highest BCUT2D eigenvalue weighted by molar-refractivity contribution is 8.02. The Balaban J connectivity index is 1.51. The molecule has 0 aromatic heterocycles. The normalized spacial score (nSPS) is 23.0. The van der Waals surface area contributed by atoms with Gasteiger partial charge in [-0.05, 0) is 11.1 Å². The highest BCUT2D eigenvalue weighted by Crippen LogP contribution is 2.43. The molecule has 2 unspecified atom stereocenters. The van der Waals surface area contributed by atoms with E-state index in [1.807, 2.05) is 60.7 Å². The third-order valence-electron chi connectivity index (χ3n) is 4.20. The van der Waals surface area contributed by atoms with Crippen LogP contribution >= 0.6 is 11.8 Å². The van der Waals surface area contributed by atoms with Crippen LogP contribution in [0.5, 0.6) is 0 Å². The van der Waals surface area contributed by atoms with Crippen molar-refractivity contribution in [1.29, 1.82) is 0 Å². The molecule has 4 rings (SSSR count). The van der Waals surface area contributed by atoms with Crippen molar-refractivity contribution in [2.45, 2.75) is 23.8 Å². The Morgan fingerprint density at radius 3 is 1.48 bits per heavy atom. The van der Waals surface area contributed by atoms with Crippen molar-refractivity contribution in [2.75, 3.05) is 0 Å². The summed E-state index contributed by atoms with van der Waals surface area (Å²) in [5, 5.41) is -0.757. The second-order valence-electron chi connectivity index (χ2n) is 5.74. The minimum Gasteiger partial charge on any atom is -0.315 e. The SMILES string of the molecule is O=C1C2SC(C(=O)N2Cc2ccccc2)N1Cc1ccccc1. The number of nitrogens with zero attached hydrogens (tertiary/aromatic N) is 2. The van der Waals surface area contributed by atoms with Gasteiger partial charge in [0.25, 0.3) is 11.8 Å². The average Bonchev–Trinajstić information content (AvgIpc) is 3.07. The van der Waals surface area contributed by atoms with E-state index in [1.165, 1.54) is 11.8 Å². The molecule has 23 heavy (non-hydrogen) atoms. The molecule has 2 aliphatic heterocycles. The van der Waals surface area contributed by atoms with Gasteiger partial charge in [-0.1, -0.05) is 72.4 Å². The van der Waals surface area contributed by atoms with Gasteiger partial charge in [-0.3, -0.25) is 9.59 Å². The molecule has 0 spiro atoms. The lowest BCUT2D eigenvalue weighted by atomic mass is 10.1. The molecule has 2 fully saturated rings. The fraction of sp³-hybridized carbons (Fsp3) is 0.222. The Morgan fingerprint density at radius 2 is 1.09 bits per heavy atom. The first-order chi connectivity index (χ1) is 11.2. The van der Waals surface area contributed by atoms with Crippen LogP contribution in [-0.4, -0.2) is 32.4 Å². The number of piperazine rings is 1. The zero-order valence-corrected chi connectivity index (χ0v) is 13.3. The Morgan fingerprint density at radius 1 is 0.696 bits per heavy atom. The summed E-state index contributed by atoms with van der Waals surface area (Å²) < 4.78 is 0. The number of carbonyl (C=O) groups is 2. The average molecular weight is 324 g/mol. The highest BCUT2D eigenvalue weighted by atomic mass is 32.2. The number of benzene rings is 2. The van der Waals surface area contributed by atoms with Gasteiger partial charge >= 0.3 is 0 Å². The van der Waals surface area contributed by atoms with Gasteiger partial charge in [0.05, 0.1) is 0 Å². The lowest BCUT2D eigenvalue weighted by molar-refractivity contribution is -0.151. The maximum Gasteiger partial charge on any atom is 0.257 e. The van der Waals surface area contributed by atoms with Crippen LogP contribution in [0.3, 0.4) is 0 Å². The van der Waals surface area contributed by atoms with Crippen molar-refractivity contribution < 1.29 is 9.59 Å². The Hall–Kier alpha value is -2.27. The van der Waals surface area contributed by atoms with E-state index in [9.17, 15) is 9.59 Å². The van der Waals surface area contributed by atoms with E-state index in [1.54, 1.807) is 9.80 Å². The topological polar surface area (TPSA) is 40.6 Å². The quantitative estimate of drug-likeness (QED) is 0.867. The van der Waals surface area contributed by atoms with Crippen molar-refractivity contribution in [3.05, 3.63) is 71.8 Å². The van der Waals surface area contributed by atoms with Gasteiger partial charge in [0.2, 0.25) is 0 Å². The van der Waals surface area contributed by atoms with Crippen LogP contribution < -0.4 is 0 Å². The predicted octanol–water partition coefficient (Wildman–Crippen LogP) is 2.46. The standard InChI is InChI=1S/C18H16N2O2S/c21-15-18-20(12-14-9-5-2-6-10-14)16(22)17(23-18)19(15)11-13-7-3-1-4-8-13/h1-10,17-18H,11-12H2. The van der Waals surface area contributed by atoms with Crippen molar-refractivity contribution >= 4 is 23.6 Å². The molecule has 2 aromatic rings. The van der Waals surface area contributed by atoms with Gasteiger partial charge in [0, 0.05) is 13.1 Å². The van der Waals surface area contributed by atoms with Crippen LogP contribution in [0, 0.1) is 0 Å². The van der Waals surface area contributed by atoms with E-state index < -0.39 is 0 Å². The maximum absolute atomic E-state index is 12.6. The van der Waals surface area contributed by atoms with Crippen molar-refractivity contribution in [1.82, 2.24) is 9.80 Å². The molecule has 0 N–H and O–H groups in total. The highest BCUT2D eigenvalue weighted by Gasteiger charge is 2.55. The summed E-state index contributed by atoms with van der Waals surface area (Å²) in [4.78, 5) is 28.7. The first-order valence-corrected chi connectivity index (χ1v) is 8.52. The third kappa shape index (κ3) is 2.51. The van der Waals surface area contributed by atoms with Gasteiger partial charge in [0.1, 0.15) is 0 Å². The molecule has 0 aliphatic carbocycles. The molecule has 2 atom stereocenters. The maximum atomic E-state index is 12.6. The van der Waals surface area contributed by atoms with Crippen LogP contribution in [0.2, 0.25) is 0 Å². The molecule has 2 saturated heterocycles. The Kier molecular flexibility index (Phi) is 3.58. The number of hydrogen-bond acceptors (Lipinski definition) is 3. The van der Waals surface area contributed by atoms with Crippen molar-refractivity contribution in [3.63, 3.8) is 0 Å². The molecule has 5 heteroatoms. The van der Waals surface area contributed by atoms with E-state index >= 15 is 0 Å². The molecule has 0 radical (unpaired) electrons. The van der Waals surface area contributed by atoms with Gasteiger partial charge in [0.15, 0.2) is 10.7 Å². The summed E-state index contributed by atoms with van der Waals surface area (Å²) in [6.45, 7) is 0.998. The lowest BCUT2D eigenvalue weighted by Crippen LogP contribution is -2.52. The number of carbonyl (C=O) groups excluding carboxylic acids is 2. The van der Waals surface area contributed by atoms with Crippen LogP contribution in [-0.2, 0) is 22.7 Å². The van der Waals surface area contributed by atoms with E-state index in [0.29, 0.717) is 13.1 Å². The summed E-state index contributed by atoms with van der Waals surface area (Å²) in [6.07, 6.45) is 0. The largest absolute Gasteiger partial charge is 0.315 e. The minimum absolute atomic E-state index is 0.0411. The fourth-order valence-electron chi connectivity index (χ4n) is 3.05. The van der Waals surface area contributed by atoms with Gasteiger partial charge < -0.3 is 9.80 Å². The van der Waals surface area contributed by atoms with Crippen molar-refractivity contribution in [3.8, 4) is 0 Å². The zero-order chi connectivity index (χ0) is 15.8. The number of hydrogen-bond donors (Lipinski definition) is 0. The molecule has 116 valence electrons. The molecular formula is C18H16N2O2S. The van der Waals surface area contributed by atoms with E-state index in [4.69, 9.17) is 0 Å². The molecule has 2 aromatic carbocycles. The number of fused-ring (bicyclic) bond motifs is 2. The first-order valence-electron chi connectivity index (χ1n) is 7.58. The second-order valence-corrected chi connectivity index (χ2v) is 6.91. The lowest BCUT2D eigenvalue weighted by Gasteiger charge is -2.32. The summed E-state index contributed by atoms with van der Waals surface area (Å²) in [7, 11) is 0. The van der Waals surface area contributed by atoms with E-state index in [-0.39, 0.29) is 22.6 Å². The summed E-state index contributed by atoms with van der Waals surface area (Å²) in [6, 6.07) is 19.6. The van der Waals surface area contributed by atoms with Gasteiger partial charge in [-0.15, -0.1) is 0 Å². The van der Waals surface area contributed by atoms with Gasteiger partial charge in [-0.2, -0.15) is 0 Å². The molecule has 2 heterocycles. The molecule has 2 bridgehead atoms. The zero-order valence-electron chi connectivity index (χ0n) is 12.5. The second kappa shape index (κ2) is 5.74. The van der Waals surface area contributed by atoms with E-state index in [0.717, 1.165) is 11.1 Å². The van der Waals surface area contributed by atoms with Crippen LogP contribution in [0.4, 0.5) is 0 Å². The van der Waals surface area contributed by atoms with Crippen LogP contribution in [0.1, 0.15) is 11.1 Å². The molecule has 2 amide bonds.